The number of rotatable bonds is 9. The van der Waals surface area contributed by atoms with Gasteiger partial charge < -0.3 is 14.8 Å². The Kier molecular flexibility index (Phi) is 8.07. The number of hydrogen-bond donors (Lipinski definition) is 1. The fourth-order valence-electron chi connectivity index (χ4n) is 2.36. The summed E-state index contributed by atoms with van der Waals surface area (Å²) in [6, 6.07) is 14.0. The van der Waals surface area contributed by atoms with Gasteiger partial charge in [0.25, 0.3) is 5.91 Å². The van der Waals surface area contributed by atoms with Crippen molar-refractivity contribution < 1.29 is 23.9 Å². The maximum Gasteiger partial charge on any atom is 0.307 e. The molecule has 2 aromatic carbocycles. The van der Waals surface area contributed by atoms with Crippen molar-refractivity contribution in [1.82, 2.24) is 0 Å². The largest absolute Gasteiger partial charge is 0.497 e. The zero-order valence-corrected chi connectivity index (χ0v) is 16.9. The number of thioether (sulfide) groups is 1. The summed E-state index contributed by atoms with van der Waals surface area (Å²) in [6.45, 7) is 1.49. The van der Waals surface area contributed by atoms with Crippen molar-refractivity contribution in [1.29, 1.82) is 0 Å². The smallest absolute Gasteiger partial charge is 0.307 e. The van der Waals surface area contributed by atoms with Crippen LogP contribution in [0.15, 0.2) is 53.4 Å². The van der Waals surface area contributed by atoms with E-state index in [0.717, 1.165) is 4.90 Å². The average Bonchev–Trinajstić information content (AvgIpc) is 2.72. The standard InChI is InChI=1S/C21H23NO5S/c1-14(21(25)22-16-6-8-17(26-2)9-7-16)27-20(24)13-12-19(23)15-4-10-18(28-3)11-5-15/h4-11,14H,12-13H2,1-3H3,(H,22,25)/t14-/m0/s1. The topological polar surface area (TPSA) is 81.7 Å². The molecule has 0 spiro atoms. The molecule has 7 heteroatoms. The Hall–Kier alpha value is -2.80. The summed E-state index contributed by atoms with van der Waals surface area (Å²) >= 11 is 1.59. The highest BCUT2D eigenvalue weighted by molar-refractivity contribution is 7.98. The first-order chi connectivity index (χ1) is 13.4. The lowest BCUT2D eigenvalue weighted by Gasteiger charge is -2.13. The number of hydrogen-bond acceptors (Lipinski definition) is 6. The minimum atomic E-state index is -0.967. The monoisotopic (exact) mass is 401 g/mol. The maximum absolute atomic E-state index is 12.2. The summed E-state index contributed by atoms with van der Waals surface area (Å²) in [4.78, 5) is 37.3. The van der Waals surface area contributed by atoms with Gasteiger partial charge in [0.2, 0.25) is 0 Å². The molecule has 1 atom stereocenters. The number of anilines is 1. The number of benzene rings is 2. The van der Waals surface area contributed by atoms with Crippen LogP contribution in [-0.4, -0.2) is 37.1 Å². The van der Waals surface area contributed by atoms with Gasteiger partial charge in [-0.25, -0.2) is 0 Å². The Morgan fingerprint density at radius 2 is 1.64 bits per heavy atom. The molecule has 2 aromatic rings. The first-order valence-corrected chi connectivity index (χ1v) is 9.97. The second-order valence-electron chi connectivity index (χ2n) is 6.00. The highest BCUT2D eigenvalue weighted by atomic mass is 32.2. The Balaban J connectivity index is 1.78. The molecule has 0 aromatic heterocycles. The normalized spacial score (nSPS) is 11.4. The molecule has 0 saturated carbocycles. The van der Waals surface area contributed by atoms with Crippen molar-refractivity contribution in [2.75, 3.05) is 18.7 Å². The van der Waals surface area contributed by atoms with Gasteiger partial charge in [0, 0.05) is 22.6 Å². The fourth-order valence-corrected chi connectivity index (χ4v) is 2.77. The molecule has 1 amide bonds. The number of Topliss-reactive ketones (excluding diaryl/α,β-unsaturated/α-hetero) is 1. The molecule has 0 aliphatic heterocycles. The van der Waals surface area contributed by atoms with E-state index < -0.39 is 18.0 Å². The predicted octanol–water partition coefficient (Wildman–Crippen LogP) is 3.95. The highest BCUT2D eigenvalue weighted by Gasteiger charge is 2.19. The molecule has 0 unspecified atom stereocenters. The predicted molar refractivity (Wildman–Crippen MR) is 109 cm³/mol. The van der Waals surface area contributed by atoms with Crippen molar-refractivity contribution in [2.24, 2.45) is 0 Å². The lowest BCUT2D eigenvalue weighted by molar-refractivity contribution is -0.153. The molecule has 1 N–H and O–H groups in total. The fraction of sp³-hybridized carbons (Fsp3) is 0.286. The summed E-state index contributed by atoms with van der Waals surface area (Å²) < 4.78 is 10.2. The number of nitrogens with one attached hydrogen (secondary N) is 1. The number of methoxy groups -OCH3 is 1. The van der Waals surface area contributed by atoms with Crippen molar-refractivity contribution in [3.8, 4) is 5.75 Å². The molecule has 6 nitrogen and oxygen atoms in total. The van der Waals surface area contributed by atoms with Crippen LogP contribution in [-0.2, 0) is 14.3 Å². The van der Waals surface area contributed by atoms with Gasteiger partial charge in [-0.05, 0) is 49.6 Å². The highest BCUT2D eigenvalue weighted by Crippen LogP contribution is 2.17. The van der Waals surface area contributed by atoms with Crippen LogP contribution in [0.2, 0.25) is 0 Å². The van der Waals surface area contributed by atoms with E-state index in [1.54, 1.807) is 55.3 Å². The zero-order chi connectivity index (χ0) is 20.5. The third-order valence-electron chi connectivity index (χ3n) is 4.00. The maximum atomic E-state index is 12.2. The van der Waals surface area contributed by atoms with Gasteiger partial charge in [-0.2, -0.15) is 0 Å². The van der Waals surface area contributed by atoms with Crippen molar-refractivity contribution in [2.45, 2.75) is 30.8 Å². The molecule has 0 fully saturated rings. The quantitative estimate of drug-likeness (QED) is 0.389. The summed E-state index contributed by atoms with van der Waals surface area (Å²) in [7, 11) is 1.55. The number of carbonyl (C=O) groups excluding carboxylic acids is 3. The van der Waals surface area contributed by atoms with E-state index in [1.165, 1.54) is 6.92 Å². The average molecular weight is 401 g/mol. The van der Waals surface area contributed by atoms with Crippen molar-refractivity contribution in [3.63, 3.8) is 0 Å². The molecular weight excluding hydrogens is 378 g/mol. The Labute approximate surface area is 168 Å². The molecule has 2 rings (SSSR count). The number of esters is 1. The SMILES string of the molecule is COc1ccc(NC(=O)[C@H](C)OC(=O)CCC(=O)c2ccc(SC)cc2)cc1. The van der Waals surface area contributed by atoms with Crippen molar-refractivity contribution in [3.05, 3.63) is 54.1 Å². The molecular formula is C21H23NO5S. The molecule has 148 valence electrons. The van der Waals surface area contributed by atoms with E-state index in [4.69, 9.17) is 9.47 Å². The van der Waals surface area contributed by atoms with Gasteiger partial charge in [-0.15, -0.1) is 11.8 Å². The minimum absolute atomic E-state index is 0.0320. The van der Waals surface area contributed by atoms with Gasteiger partial charge in [0.05, 0.1) is 13.5 Å². The van der Waals surface area contributed by atoms with E-state index in [0.29, 0.717) is 17.0 Å². The van der Waals surface area contributed by atoms with Crippen LogP contribution in [0.1, 0.15) is 30.1 Å². The van der Waals surface area contributed by atoms with E-state index in [2.05, 4.69) is 5.32 Å². The Morgan fingerprint density at radius 3 is 2.21 bits per heavy atom. The van der Waals surface area contributed by atoms with Gasteiger partial charge in [0.1, 0.15) is 5.75 Å². The molecule has 0 aliphatic carbocycles. The van der Waals surface area contributed by atoms with E-state index in [-0.39, 0.29) is 18.6 Å². The van der Waals surface area contributed by atoms with Crippen LogP contribution >= 0.6 is 11.8 Å². The Bertz CT molecular complexity index is 818. The molecule has 0 bridgehead atoms. The van der Waals surface area contributed by atoms with Gasteiger partial charge >= 0.3 is 5.97 Å². The number of amides is 1. The van der Waals surface area contributed by atoms with Crippen LogP contribution in [0, 0.1) is 0 Å². The molecule has 0 saturated heterocycles. The molecule has 0 radical (unpaired) electrons. The van der Waals surface area contributed by atoms with Gasteiger partial charge in [-0.1, -0.05) is 12.1 Å². The summed E-state index contributed by atoms with van der Waals surface area (Å²) in [5, 5.41) is 2.66. The second kappa shape index (κ2) is 10.5. The van der Waals surface area contributed by atoms with Crippen LogP contribution in [0.4, 0.5) is 5.69 Å². The van der Waals surface area contributed by atoms with Gasteiger partial charge in [-0.3, -0.25) is 14.4 Å². The lowest BCUT2D eigenvalue weighted by Crippen LogP contribution is -2.30. The van der Waals surface area contributed by atoms with Crippen LogP contribution < -0.4 is 10.1 Å². The molecule has 28 heavy (non-hydrogen) atoms. The van der Waals surface area contributed by atoms with E-state index >= 15 is 0 Å². The second-order valence-corrected chi connectivity index (χ2v) is 6.88. The van der Waals surface area contributed by atoms with Crippen LogP contribution in [0.3, 0.4) is 0 Å². The number of carbonyl (C=O) groups is 3. The summed E-state index contributed by atoms with van der Waals surface area (Å²) in [5.41, 5.74) is 1.12. The minimum Gasteiger partial charge on any atom is -0.497 e. The summed E-state index contributed by atoms with van der Waals surface area (Å²) in [5.74, 6) is -0.505. The third-order valence-corrected chi connectivity index (χ3v) is 4.75. The first-order valence-electron chi connectivity index (χ1n) is 8.74. The van der Waals surface area contributed by atoms with Crippen molar-refractivity contribution >= 4 is 35.1 Å². The van der Waals surface area contributed by atoms with Crippen LogP contribution in [0.25, 0.3) is 0 Å². The molecule has 0 heterocycles. The first kappa shape index (κ1) is 21.5. The third kappa shape index (κ3) is 6.42. The zero-order valence-electron chi connectivity index (χ0n) is 16.1. The molecule has 0 aliphatic rings. The van der Waals surface area contributed by atoms with E-state index in [1.807, 2.05) is 18.4 Å². The number of ether oxygens (including phenoxy) is 2. The van der Waals surface area contributed by atoms with E-state index in [9.17, 15) is 14.4 Å². The lowest BCUT2D eigenvalue weighted by atomic mass is 10.1. The summed E-state index contributed by atoms with van der Waals surface area (Å²) in [6.07, 6.45) is 0.942. The number of ketones is 1. The Morgan fingerprint density at radius 1 is 1.00 bits per heavy atom. The van der Waals surface area contributed by atoms with Gasteiger partial charge in [0.15, 0.2) is 11.9 Å². The van der Waals surface area contributed by atoms with Crippen LogP contribution in [0.5, 0.6) is 5.75 Å².